The van der Waals surface area contributed by atoms with Crippen molar-refractivity contribution in [3.63, 3.8) is 0 Å². The van der Waals surface area contributed by atoms with Crippen molar-refractivity contribution in [1.82, 2.24) is 20.4 Å². The molecule has 0 aliphatic carbocycles. The van der Waals surface area contributed by atoms with E-state index >= 15 is 0 Å². The maximum Gasteiger partial charge on any atom is 0.322 e. The van der Waals surface area contributed by atoms with Gasteiger partial charge in [0.05, 0.1) is 18.7 Å². The number of aromatic nitrogens is 2. The molecule has 32 heavy (non-hydrogen) atoms. The van der Waals surface area contributed by atoms with E-state index in [0.717, 1.165) is 39.5 Å². The molecule has 0 fully saturated rings. The first-order valence-corrected chi connectivity index (χ1v) is 11.7. The minimum absolute atomic E-state index is 0.125. The third-order valence-electron chi connectivity index (χ3n) is 5.48. The molecule has 0 saturated carbocycles. The Kier molecular flexibility index (Phi) is 6.50. The van der Waals surface area contributed by atoms with Crippen LogP contribution < -0.4 is 10.1 Å². The number of carbonyl (C=O) groups is 1. The van der Waals surface area contributed by atoms with Crippen LogP contribution in [-0.2, 0) is 0 Å². The first-order valence-electron chi connectivity index (χ1n) is 10.5. The lowest BCUT2D eigenvalue weighted by atomic mass is 9.94. The van der Waals surface area contributed by atoms with Gasteiger partial charge in [-0.2, -0.15) is 4.98 Å². The summed E-state index contributed by atoms with van der Waals surface area (Å²) in [5.74, 6) is 1.57. The highest BCUT2D eigenvalue weighted by atomic mass is 32.2. The van der Waals surface area contributed by atoms with Crippen molar-refractivity contribution in [2.75, 3.05) is 19.9 Å². The highest BCUT2D eigenvalue weighted by Gasteiger charge is 2.35. The van der Waals surface area contributed by atoms with Crippen molar-refractivity contribution >= 4 is 23.4 Å². The molecule has 1 N–H and O–H groups in total. The maximum absolute atomic E-state index is 12.9. The van der Waals surface area contributed by atoms with Gasteiger partial charge in [-0.15, -0.1) is 11.8 Å². The molecular weight excluding hydrogens is 424 g/mol. The molecule has 0 spiro atoms. The normalized spacial score (nSPS) is 16.3. The standard InChI is InChI=1S/C24H26N4O3S/c1-5-13-28-15(2)20(21(25-24(28)29)16-9-11-19(32-4)12-10-16)23-26-22(27-31-23)17-7-6-8-18(14-17)30-3/h6-12,14,21H,5,13H2,1-4H3,(H,25,29). The summed E-state index contributed by atoms with van der Waals surface area (Å²) in [6.07, 6.45) is 2.87. The van der Waals surface area contributed by atoms with Crippen LogP contribution in [0.4, 0.5) is 4.79 Å². The Balaban J connectivity index is 1.79. The number of nitrogens with zero attached hydrogens (tertiary/aromatic N) is 3. The summed E-state index contributed by atoms with van der Waals surface area (Å²) in [7, 11) is 1.62. The minimum Gasteiger partial charge on any atom is -0.497 e. The van der Waals surface area contributed by atoms with Crippen molar-refractivity contribution < 1.29 is 14.1 Å². The van der Waals surface area contributed by atoms with Crippen LogP contribution in [0.3, 0.4) is 0 Å². The number of hydrogen-bond donors (Lipinski definition) is 1. The second kappa shape index (κ2) is 9.48. The molecule has 2 heterocycles. The highest BCUT2D eigenvalue weighted by molar-refractivity contribution is 7.98. The zero-order valence-electron chi connectivity index (χ0n) is 18.6. The molecule has 8 heteroatoms. The fourth-order valence-corrected chi connectivity index (χ4v) is 4.22. The molecule has 166 valence electrons. The Labute approximate surface area is 191 Å². The number of amides is 2. The van der Waals surface area contributed by atoms with Gasteiger partial charge in [-0.1, -0.05) is 36.3 Å². The lowest BCUT2D eigenvalue weighted by Crippen LogP contribution is -2.46. The molecule has 1 atom stereocenters. The summed E-state index contributed by atoms with van der Waals surface area (Å²) in [4.78, 5) is 20.4. The van der Waals surface area contributed by atoms with Crippen LogP contribution in [-0.4, -0.2) is 41.0 Å². The Morgan fingerprint density at radius 2 is 2.00 bits per heavy atom. The largest absolute Gasteiger partial charge is 0.497 e. The monoisotopic (exact) mass is 450 g/mol. The average molecular weight is 451 g/mol. The molecule has 0 bridgehead atoms. The Morgan fingerprint density at radius 1 is 1.22 bits per heavy atom. The number of urea groups is 1. The van der Waals surface area contributed by atoms with E-state index in [4.69, 9.17) is 9.26 Å². The van der Waals surface area contributed by atoms with Crippen molar-refractivity contribution in [3.05, 3.63) is 65.7 Å². The van der Waals surface area contributed by atoms with Gasteiger partial charge in [0.1, 0.15) is 5.75 Å². The number of benzene rings is 2. The van der Waals surface area contributed by atoms with Gasteiger partial charge < -0.3 is 14.6 Å². The summed E-state index contributed by atoms with van der Waals surface area (Å²) in [5, 5.41) is 7.33. The maximum atomic E-state index is 12.9. The van der Waals surface area contributed by atoms with Crippen LogP contribution in [0.1, 0.15) is 37.8 Å². The number of rotatable bonds is 7. The van der Waals surface area contributed by atoms with Gasteiger partial charge in [-0.25, -0.2) is 4.79 Å². The van der Waals surface area contributed by atoms with E-state index < -0.39 is 0 Å². The Hall–Kier alpha value is -3.26. The minimum atomic E-state index is -0.384. The average Bonchev–Trinajstić information content (AvgIpc) is 3.31. The number of allylic oxidation sites excluding steroid dienone is 1. The molecule has 1 aromatic heterocycles. The van der Waals surface area contributed by atoms with E-state index in [9.17, 15) is 4.79 Å². The highest BCUT2D eigenvalue weighted by Crippen LogP contribution is 2.38. The molecule has 1 unspecified atom stereocenters. The van der Waals surface area contributed by atoms with Crippen LogP contribution in [0.5, 0.6) is 5.75 Å². The molecule has 4 rings (SSSR count). The summed E-state index contributed by atoms with van der Waals surface area (Å²) in [6, 6.07) is 15.2. The summed E-state index contributed by atoms with van der Waals surface area (Å²) < 4.78 is 11.0. The van der Waals surface area contributed by atoms with Crippen LogP contribution in [0, 0.1) is 0 Å². The number of ether oxygens (including phenoxy) is 1. The third-order valence-corrected chi connectivity index (χ3v) is 6.22. The molecule has 7 nitrogen and oxygen atoms in total. The van der Waals surface area contributed by atoms with E-state index in [-0.39, 0.29) is 12.1 Å². The van der Waals surface area contributed by atoms with Crippen molar-refractivity contribution in [1.29, 1.82) is 0 Å². The second-order valence-corrected chi connectivity index (χ2v) is 8.34. The van der Waals surface area contributed by atoms with Gasteiger partial charge in [0.25, 0.3) is 5.89 Å². The van der Waals surface area contributed by atoms with E-state index in [2.05, 4.69) is 15.5 Å². The van der Waals surface area contributed by atoms with Crippen LogP contribution in [0.2, 0.25) is 0 Å². The van der Waals surface area contributed by atoms with Crippen molar-refractivity contribution in [2.24, 2.45) is 0 Å². The lowest BCUT2D eigenvalue weighted by Gasteiger charge is -2.35. The fraction of sp³-hybridized carbons (Fsp3) is 0.292. The zero-order valence-corrected chi connectivity index (χ0v) is 19.4. The van der Waals surface area contributed by atoms with Gasteiger partial charge in [0.15, 0.2) is 0 Å². The molecule has 0 saturated heterocycles. The predicted molar refractivity (Wildman–Crippen MR) is 125 cm³/mol. The molecule has 2 amide bonds. The molecular formula is C24H26N4O3S. The van der Waals surface area contributed by atoms with Crippen molar-refractivity contribution in [2.45, 2.75) is 31.2 Å². The van der Waals surface area contributed by atoms with E-state index in [0.29, 0.717) is 18.3 Å². The molecule has 1 aliphatic heterocycles. The van der Waals surface area contributed by atoms with Gasteiger partial charge in [0, 0.05) is 22.7 Å². The lowest BCUT2D eigenvalue weighted by molar-refractivity contribution is 0.205. The van der Waals surface area contributed by atoms with E-state index in [1.165, 1.54) is 0 Å². The number of carbonyl (C=O) groups excluding carboxylic acids is 1. The smallest absolute Gasteiger partial charge is 0.322 e. The van der Waals surface area contributed by atoms with Gasteiger partial charge in [-0.05, 0) is 49.4 Å². The van der Waals surface area contributed by atoms with Crippen LogP contribution in [0.15, 0.2) is 63.6 Å². The fourth-order valence-electron chi connectivity index (χ4n) is 3.81. The second-order valence-electron chi connectivity index (χ2n) is 7.46. The summed E-state index contributed by atoms with van der Waals surface area (Å²) in [5.41, 5.74) is 3.37. The summed E-state index contributed by atoms with van der Waals surface area (Å²) >= 11 is 1.67. The molecule has 3 aromatic rings. The first kappa shape index (κ1) is 22.0. The number of nitrogens with one attached hydrogen (secondary N) is 1. The van der Waals surface area contributed by atoms with Crippen molar-refractivity contribution in [3.8, 4) is 17.1 Å². The summed E-state index contributed by atoms with van der Waals surface area (Å²) in [6.45, 7) is 4.58. The van der Waals surface area contributed by atoms with E-state index in [1.54, 1.807) is 23.8 Å². The quantitative estimate of drug-likeness (QED) is 0.487. The molecule has 0 radical (unpaired) electrons. The van der Waals surface area contributed by atoms with Gasteiger partial charge in [0.2, 0.25) is 5.82 Å². The van der Waals surface area contributed by atoms with Gasteiger partial charge in [-0.3, -0.25) is 4.90 Å². The van der Waals surface area contributed by atoms with Crippen LogP contribution >= 0.6 is 11.8 Å². The first-order chi connectivity index (χ1) is 15.5. The Bertz CT molecular complexity index is 1140. The Morgan fingerprint density at radius 3 is 2.69 bits per heavy atom. The molecule has 1 aliphatic rings. The van der Waals surface area contributed by atoms with Gasteiger partial charge >= 0.3 is 6.03 Å². The van der Waals surface area contributed by atoms with E-state index in [1.807, 2.05) is 68.6 Å². The topological polar surface area (TPSA) is 80.5 Å². The third kappa shape index (κ3) is 4.23. The van der Waals surface area contributed by atoms with Crippen LogP contribution in [0.25, 0.3) is 17.0 Å². The SMILES string of the molecule is CCCN1C(=O)NC(c2ccc(SC)cc2)C(c2nc(-c3cccc(OC)c3)no2)=C1C. The number of hydrogen-bond acceptors (Lipinski definition) is 6. The zero-order chi connectivity index (χ0) is 22.7. The number of thioether (sulfide) groups is 1. The predicted octanol–water partition coefficient (Wildman–Crippen LogP) is 5.37. The molecule has 2 aromatic carbocycles. The number of methoxy groups -OCH3 is 1.